The second-order valence-corrected chi connectivity index (χ2v) is 3.82. The zero-order chi connectivity index (χ0) is 7.84. The summed E-state index contributed by atoms with van der Waals surface area (Å²) >= 11 is 1.52. The van der Waals surface area contributed by atoms with Gasteiger partial charge in [0.15, 0.2) is 0 Å². The maximum Gasteiger partial charge on any atom is 0.101 e. The Kier molecular flexibility index (Phi) is 1.53. The highest BCUT2D eigenvalue weighted by molar-refractivity contribution is 7.05. The van der Waals surface area contributed by atoms with Gasteiger partial charge in [-0.25, -0.2) is 0 Å². The summed E-state index contributed by atoms with van der Waals surface area (Å²) in [4.78, 5) is 1.33. The molecule has 0 aromatic carbocycles. The molecule has 0 amide bonds. The van der Waals surface area contributed by atoms with E-state index in [0.717, 1.165) is 5.69 Å². The van der Waals surface area contributed by atoms with Crippen LogP contribution in [0.4, 0.5) is 0 Å². The highest BCUT2D eigenvalue weighted by Crippen LogP contribution is 2.34. The van der Waals surface area contributed by atoms with Crippen molar-refractivity contribution in [3.8, 4) is 0 Å². The van der Waals surface area contributed by atoms with Gasteiger partial charge in [-0.15, -0.1) is 5.10 Å². The molecule has 2 unspecified atom stereocenters. The van der Waals surface area contributed by atoms with Crippen molar-refractivity contribution in [2.75, 3.05) is 0 Å². The smallest absolute Gasteiger partial charge is 0.101 e. The number of nitrogens with zero attached hydrogens (tertiary/aromatic N) is 2. The monoisotopic (exact) mass is 166 g/mol. The fourth-order valence-corrected chi connectivity index (χ4v) is 2.08. The van der Waals surface area contributed by atoms with Gasteiger partial charge in [0.25, 0.3) is 0 Å². The molecule has 1 aromatic heterocycles. The van der Waals surface area contributed by atoms with E-state index in [1.54, 1.807) is 0 Å². The number of allylic oxidation sites excluding steroid dienone is 1. The average molecular weight is 166 g/mol. The van der Waals surface area contributed by atoms with Crippen molar-refractivity contribution in [3.63, 3.8) is 0 Å². The van der Waals surface area contributed by atoms with Gasteiger partial charge in [0.2, 0.25) is 0 Å². The first-order valence-electron chi connectivity index (χ1n) is 3.79. The third-order valence-electron chi connectivity index (χ3n) is 2.30. The van der Waals surface area contributed by atoms with Crippen LogP contribution in [-0.4, -0.2) is 9.59 Å². The van der Waals surface area contributed by atoms with E-state index in [4.69, 9.17) is 0 Å². The SMILES string of the molecule is CC1C=Cc2nnsc2C1C. The molecule has 0 spiro atoms. The second-order valence-electron chi connectivity index (χ2n) is 3.03. The Morgan fingerprint density at radius 1 is 1.45 bits per heavy atom. The van der Waals surface area contributed by atoms with Crippen LogP contribution < -0.4 is 0 Å². The van der Waals surface area contributed by atoms with Gasteiger partial charge in [0.05, 0.1) is 4.88 Å². The van der Waals surface area contributed by atoms with Gasteiger partial charge in [-0.05, 0) is 23.5 Å². The highest BCUT2D eigenvalue weighted by Gasteiger charge is 2.21. The lowest BCUT2D eigenvalue weighted by molar-refractivity contribution is 0.593. The fraction of sp³-hybridized carbons (Fsp3) is 0.500. The maximum absolute atomic E-state index is 4.02. The summed E-state index contributed by atoms with van der Waals surface area (Å²) in [6.45, 7) is 4.46. The number of rotatable bonds is 0. The molecule has 0 aliphatic heterocycles. The number of aromatic nitrogens is 2. The summed E-state index contributed by atoms with van der Waals surface area (Å²) in [5, 5.41) is 4.02. The fourth-order valence-electron chi connectivity index (χ4n) is 1.28. The van der Waals surface area contributed by atoms with Crippen molar-refractivity contribution in [2.24, 2.45) is 5.92 Å². The molecule has 2 nitrogen and oxygen atoms in total. The largest absolute Gasteiger partial charge is 0.138 e. The van der Waals surface area contributed by atoms with Crippen LogP contribution in [0.5, 0.6) is 0 Å². The van der Waals surface area contributed by atoms with E-state index in [9.17, 15) is 0 Å². The molecular formula is C8H10N2S. The van der Waals surface area contributed by atoms with Gasteiger partial charge in [0, 0.05) is 5.92 Å². The molecule has 1 aliphatic rings. The van der Waals surface area contributed by atoms with Gasteiger partial charge in [-0.1, -0.05) is 24.4 Å². The molecular weight excluding hydrogens is 156 g/mol. The van der Waals surface area contributed by atoms with Crippen molar-refractivity contribution in [3.05, 3.63) is 16.6 Å². The summed E-state index contributed by atoms with van der Waals surface area (Å²) < 4.78 is 3.93. The third-order valence-corrected chi connectivity index (χ3v) is 3.24. The Balaban J connectivity index is 2.48. The summed E-state index contributed by atoms with van der Waals surface area (Å²) in [5.74, 6) is 1.22. The topological polar surface area (TPSA) is 25.8 Å². The molecule has 11 heavy (non-hydrogen) atoms. The molecule has 1 aliphatic carbocycles. The van der Waals surface area contributed by atoms with Crippen molar-refractivity contribution in [2.45, 2.75) is 19.8 Å². The van der Waals surface area contributed by atoms with Crippen LogP contribution in [-0.2, 0) is 0 Å². The lowest BCUT2D eigenvalue weighted by Crippen LogP contribution is -2.06. The summed E-state index contributed by atoms with van der Waals surface area (Å²) in [6.07, 6.45) is 4.28. The molecule has 2 rings (SSSR count). The molecule has 0 radical (unpaired) electrons. The minimum Gasteiger partial charge on any atom is -0.138 e. The van der Waals surface area contributed by atoms with E-state index < -0.39 is 0 Å². The number of hydrogen-bond acceptors (Lipinski definition) is 3. The summed E-state index contributed by atoms with van der Waals surface area (Å²) in [6, 6.07) is 0. The molecule has 3 heteroatoms. The summed E-state index contributed by atoms with van der Waals surface area (Å²) in [7, 11) is 0. The Labute approximate surface area is 70.1 Å². The number of hydrogen-bond donors (Lipinski definition) is 0. The van der Waals surface area contributed by atoms with E-state index in [1.165, 1.54) is 16.4 Å². The highest BCUT2D eigenvalue weighted by atomic mass is 32.1. The van der Waals surface area contributed by atoms with Crippen molar-refractivity contribution in [1.82, 2.24) is 9.59 Å². The first-order valence-corrected chi connectivity index (χ1v) is 4.57. The molecule has 1 aromatic rings. The molecule has 58 valence electrons. The first kappa shape index (κ1) is 6.98. The van der Waals surface area contributed by atoms with Gasteiger partial charge in [0.1, 0.15) is 5.69 Å². The Morgan fingerprint density at radius 3 is 3.09 bits per heavy atom. The maximum atomic E-state index is 4.02. The van der Waals surface area contributed by atoms with Crippen molar-refractivity contribution in [1.29, 1.82) is 0 Å². The third kappa shape index (κ3) is 0.997. The van der Waals surface area contributed by atoms with Crippen LogP contribution in [0.2, 0.25) is 0 Å². The molecule has 0 saturated carbocycles. The van der Waals surface area contributed by atoms with Gasteiger partial charge < -0.3 is 0 Å². The minimum absolute atomic E-state index is 0.593. The Morgan fingerprint density at radius 2 is 2.27 bits per heavy atom. The zero-order valence-corrected chi connectivity index (χ0v) is 7.43. The predicted octanol–water partition coefficient (Wildman–Crippen LogP) is 2.30. The van der Waals surface area contributed by atoms with Crippen LogP contribution in [0.15, 0.2) is 6.08 Å². The van der Waals surface area contributed by atoms with E-state index in [0.29, 0.717) is 11.8 Å². The average Bonchev–Trinajstić information content (AvgIpc) is 2.45. The Hall–Kier alpha value is -0.700. The minimum atomic E-state index is 0.593. The number of fused-ring (bicyclic) bond motifs is 1. The van der Waals surface area contributed by atoms with Crippen LogP contribution in [0.25, 0.3) is 6.08 Å². The molecule has 1 heterocycles. The van der Waals surface area contributed by atoms with Crippen LogP contribution in [0.1, 0.15) is 30.3 Å². The van der Waals surface area contributed by atoms with Gasteiger partial charge >= 0.3 is 0 Å². The molecule has 0 saturated heterocycles. The normalized spacial score (nSPS) is 28.5. The van der Waals surface area contributed by atoms with E-state index in [2.05, 4.69) is 35.6 Å². The van der Waals surface area contributed by atoms with Crippen LogP contribution >= 0.6 is 11.5 Å². The molecule has 2 atom stereocenters. The van der Waals surface area contributed by atoms with E-state index in [1.807, 2.05) is 0 Å². The van der Waals surface area contributed by atoms with Gasteiger partial charge in [-0.3, -0.25) is 0 Å². The molecule has 0 bridgehead atoms. The van der Waals surface area contributed by atoms with Crippen molar-refractivity contribution >= 4 is 17.6 Å². The predicted molar refractivity (Wildman–Crippen MR) is 46.5 cm³/mol. The van der Waals surface area contributed by atoms with E-state index in [-0.39, 0.29) is 0 Å². The van der Waals surface area contributed by atoms with E-state index >= 15 is 0 Å². The second kappa shape index (κ2) is 2.41. The zero-order valence-electron chi connectivity index (χ0n) is 6.61. The first-order chi connectivity index (χ1) is 5.29. The van der Waals surface area contributed by atoms with Crippen LogP contribution in [0.3, 0.4) is 0 Å². The van der Waals surface area contributed by atoms with Crippen LogP contribution in [0, 0.1) is 5.92 Å². The molecule has 0 fully saturated rings. The standard InChI is InChI=1S/C8H10N2S/c1-5-3-4-7-8(6(5)2)11-10-9-7/h3-6H,1-2H3. The quantitative estimate of drug-likeness (QED) is 0.591. The molecule has 0 N–H and O–H groups in total. The van der Waals surface area contributed by atoms with Crippen molar-refractivity contribution < 1.29 is 0 Å². The lowest BCUT2D eigenvalue weighted by Gasteiger charge is -2.18. The van der Waals surface area contributed by atoms with Gasteiger partial charge in [-0.2, -0.15) is 0 Å². The summed E-state index contributed by atoms with van der Waals surface area (Å²) in [5.41, 5.74) is 1.07. The Bertz CT molecular complexity index is 290. The lowest BCUT2D eigenvalue weighted by atomic mass is 9.89.